The number of nitrogens with one attached hydrogen (secondary N) is 3. The first-order valence-electron chi connectivity index (χ1n) is 9.57. The van der Waals surface area contributed by atoms with Crippen LogP contribution in [0.1, 0.15) is 27.6 Å². The standard InChI is InChI=1S/C23H19ClFN3O3S/c1-2-31-18-9-6-14(7-10-18)21(29)28-23(32)27-16-5-3-4-15(12-16)22(30)26-17-8-11-20(25)19(24)13-17/h3-13H,2H2,1H3,(H,26,30)(H2,27,28,29,32). The molecule has 32 heavy (non-hydrogen) atoms. The van der Waals surface area contributed by atoms with Gasteiger partial charge in [-0.3, -0.25) is 14.9 Å². The quantitative estimate of drug-likeness (QED) is 0.427. The number of ether oxygens (including phenoxy) is 1. The monoisotopic (exact) mass is 471 g/mol. The van der Waals surface area contributed by atoms with E-state index in [-0.39, 0.29) is 16.0 Å². The van der Waals surface area contributed by atoms with Crippen molar-refractivity contribution < 1.29 is 18.7 Å². The lowest BCUT2D eigenvalue weighted by Crippen LogP contribution is -2.34. The molecular formula is C23H19ClFN3O3S. The van der Waals surface area contributed by atoms with Crippen LogP contribution in [0.15, 0.2) is 66.7 Å². The lowest BCUT2D eigenvalue weighted by atomic mass is 10.2. The predicted octanol–water partition coefficient (Wildman–Crippen LogP) is 5.26. The van der Waals surface area contributed by atoms with Gasteiger partial charge in [-0.15, -0.1) is 0 Å². The number of halogens is 2. The number of hydrogen-bond acceptors (Lipinski definition) is 4. The SMILES string of the molecule is CCOc1ccc(C(=O)NC(=S)Nc2cccc(C(=O)Nc3ccc(F)c(Cl)c3)c2)cc1. The van der Waals surface area contributed by atoms with Gasteiger partial charge in [0, 0.05) is 22.5 Å². The Morgan fingerprint density at radius 1 is 0.938 bits per heavy atom. The molecule has 0 aliphatic rings. The van der Waals surface area contributed by atoms with Crippen LogP contribution in [0.3, 0.4) is 0 Å². The molecule has 6 nitrogen and oxygen atoms in total. The summed E-state index contributed by atoms with van der Waals surface area (Å²) >= 11 is 10.9. The van der Waals surface area contributed by atoms with Gasteiger partial charge in [-0.2, -0.15) is 0 Å². The van der Waals surface area contributed by atoms with Crippen molar-refractivity contribution in [1.82, 2.24) is 5.32 Å². The first-order chi connectivity index (χ1) is 15.4. The maximum absolute atomic E-state index is 13.3. The van der Waals surface area contributed by atoms with Crippen molar-refractivity contribution in [3.8, 4) is 5.75 Å². The van der Waals surface area contributed by atoms with Gasteiger partial charge in [-0.05, 0) is 79.8 Å². The van der Waals surface area contributed by atoms with Crippen LogP contribution in [0.5, 0.6) is 5.75 Å². The molecule has 0 bridgehead atoms. The van der Waals surface area contributed by atoms with Crippen molar-refractivity contribution >= 4 is 52.1 Å². The molecule has 0 radical (unpaired) electrons. The summed E-state index contributed by atoms with van der Waals surface area (Å²) in [6.45, 7) is 2.41. The van der Waals surface area contributed by atoms with E-state index in [1.165, 1.54) is 18.2 Å². The predicted molar refractivity (Wildman–Crippen MR) is 127 cm³/mol. The number of carbonyl (C=O) groups excluding carboxylic acids is 2. The third-order valence-electron chi connectivity index (χ3n) is 4.21. The van der Waals surface area contributed by atoms with Gasteiger partial charge in [0.1, 0.15) is 11.6 Å². The van der Waals surface area contributed by atoms with Crippen LogP contribution in [0, 0.1) is 5.82 Å². The highest BCUT2D eigenvalue weighted by molar-refractivity contribution is 7.80. The van der Waals surface area contributed by atoms with Gasteiger partial charge in [0.25, 0.3) is 11.8 Å². The molecule has 0 heterocycles. The normalized spacial score (nSPS) is 10.2. The maximum Gasteiger partial charge on any atom is 0.257 e. The average Bonchev–Trinajstić information content (AvgIpc) is 2.77. The summed E-state index contributed by atoms with van der Waals surface area (Å²) in [7, 11) is 0. The van der Waals surface area contributed by atoms with E-state index < -0.39 is 11.7 Å². The third kappa shape index (κ3) is 6.26. The third-order valence-corrected chi connectivity index (χ3v) is 4.71. The van der Waals surface area contributed by atoms with E-state index in [2.05, 4.69) is 16.0 Å². The van der Waals surface area contributed by atoms with E-state index in [1.54, 1.807) is 48.5 Å². The Kier molecular flexibility index (Phi) is 7.75. The topological polar surface area (TPSA) is 79.5 Å². The summed E-state index contributed by atoms with van der Waals surface area (Å²) < 4.78 is 18.6. The first-order valence-corrected chi connectivity index (χ1v) is 10.4. The molecule has 0 fully saturated rings. The number of thiocarbonyl (C=S) groups is 1. The number of rotatable bonds is 6. The highest BCUT2D eigenvalue weighted by Crippen LogP contribution is 2.20. The summed E-state index contributed by atoms with van der Waals surface area (Å²) in [6, 6.07) is 17.1. The zero-order valence-corrected chi connectivity index (χ0v) is 18.5. The van der Waals surface area contributed by atoms with Crippen LogP contribution in [0.25, 0.3) is 0 Å². The van der Waals surface area contributed by atoms with Crippen molar-refractivity contribution in [2.75, 3.05) is 17.2 Å². The first kappa shape index (κ1) is 23.2. The Morgan fingerprint density at radius 3 is 2.34 bits per heavy atom. The molecule has 3 N–H and O–H groups in total. The minimum absolute atomic E-state index is 0.0757. The number of hydrogen-bond donors (Lipinski definition) is 3. The second-order valence-corrected chi connectivity index (χ2v) is 7.34. The molecule has 0 aromatic heterocycles. The van der Waals surface area contributed by atoms with E-state index in [9.17, 15) is 14.0 Å². The molecule has 0 aliphatic heterocycles. The molecule has 164 valence electrons. The summed E-state index contributed by atoms with van der Waals surface area (Å²) in [6.07, 6.45) is 0. The molecule has 0 spiro atoms. The van der Waals surface area contributed by atoms with Crippen molar-refractivity contribution in [3.05, 3.63) is 88.7 Å². The Labute approximate surface area is 194 Å². The smallest absolute Gasteiger partial charge is 0.257 e. The second kappa shape index (κ2) is 10.7. The zero-order valence-electron chi connectivity index (χ0n) is 16.9. The van der Waals surface area contributed by atoms with Gasteiger partial charge >= 0.3 is 0 Å². The van der Waals surface area contributed by atoms with Crippen molar-refractivity contribution in [1.29, 1.82) is 0 Å². The molecule has 9 heteroatoms. The molecule has 0 aliphatic carbocycles. The molecule has 2 amide bonds. The lowest BCUT2D eigenvalue weighted by molar-refractivity contribution is 0.0976. The van der Waals surface area contributed by atoms with Gasteiger partial charge in [0.05, 0.1) is 11.6 Å². The highest BCUT2D eigenvalue weighted by atomic mass is 35.5. The van der Waals surface area contributed by atoms with Crippen LogP contribution in [0.2, 0.25) is 5.02 Å². The van der Waals surface area contributed by atoms with Gasteiger partial charge < -0.3 is 15.4 Å². The molecular weight excluding hydrogens is 453 g/mol. The van der Waals surface area contributed by atoms with Gasteiger partial charge in [-0.1, -0.05) is 17.7 Å². The van der Waals surface area contributed by atoms with E-state index >= 15 is 0 Å². The summed E-state index contributed by atoms with van der Waals surface area (Å²) in [4.78, 5) is 24.9. The number of carbonyl (C=O) groups is 2. The van der Waals surface area contributed by atoms with Gasteiger partial charge in [0.2, 0.25) is 0 Å². The molecule has 0 atom stereocenters. The summed E-state index contributed by atoms with van der Waals surface area (Å²) in [5.41, 5.74) is 1.62. The molecule has 0 saturated carbocycles. The molecule has 0 saturated heterocycles. The molecule has 3 aromatic rings. The largest absolute Gasteiger partial charge is 0.494 e. The lowest BCUT2D eigenvalue weighted by Gasteiger charge is -2.11. The van der Waals surface area contributed by atoms with Crippen LogP contribution in [-0.2, 0) is 0 Å². The maximum atomic E-state index is 13.3. The Morgan fingerprint density at radius 2 is 1.66 bits per heavy atom. The van der Waals surface area contributed by atoms with Crippen molar-refractivity contribution in [3.63, 3.8) is 0 Å². The van der Waals surface area contributed by atoms with Crippen molar-refractivity contribution in [2.45, 2.75) is 6.92 Å². The fraction of sp³-hybridized carbons (Fsp3) is 0.0870. The number of benzene rings is 3. The zero-order chi connectivity index (χ0) is 23.1. The van der Waals surface area contributed by atoms with E-state index in [0.29, 0.717) is 34.9 Å². The van der Waals surface area contributed by atoms with Crippen LogP contribution in [0.4, 0.5) is 15.8 Å². The fourth-order valence-electron chi connectivity index (χ4n) is 2.72. The van der Waals surface area contributed by atoms with Crippen LogP contribution >= 0.6 is 23.8 Å². The minimum atomic E-state index is -0.573. The van der Waals surface area contributed by atoms with Gasteiger partial charge in [0.15, 0.2) is 5.11 Å². The Bertz CT molecular complexity index is 1160. The molecule has 0 unspecified atom stereocenters. The minimum Gasteiger partial charge on any atom is -0.494 e. The number of anilines is 2. The Hall–Kier alpha value is -3.49. The summed E-state index contributed by atoms with van der Waals surface area (Å²) in [5, 5.41) is 8.09. The number of amides is 2. The highest BCUT2D eigenvalue weighted by Gasteiger charge is 2.11. The Balaban J connectivity index is 1.60. The van der Waals surface area contributed by atoms with Crippen LogP contribution in [-0.4, -0.2) is 23.5 Å². The van der Waals surface area contributed by atoms with Gasteiger partial charge in [-0.25, -0.2) is 4.39 Å². The van der Waals surface area contributed by atoms with Crippen molar-refractivity contribution in [2.24, 2.45) is 0 Å². The molecule has 3 aromatic carbocycles. The van der Waals surface area contributed by atoms with E-state index in [0.717, 1.165) is 0 Å². The van der Waals surface area contributed by atoms with Crippen LogP contribution < -0.4 is 20.7 Å². The fourth-order valence-corrected chi connectivity index (χ4v) is 3.11. The molecule has 3 rings (SSSR count). The van der Waals surface area contributed by atoms with E-state index in [1.807, 2.05) is 6.92 Å². The summed E-state index contributed by atoms with van der Waals surface area (Å²) in [5.74, 6) is -0.701. The average molecular weight is 472 g/mol. The van der Waals surface area contributed by atoms with E-state index in [4.69, 9.17) is 28.6 Å². The second-order valence-electron chi connectivity index (χ2n) is 6.53.